The van der Waals surface area contributed by atoms with Crippen molar-refractivity contribution in [2.45, 2.75) is 13.0 Å². The molecule has 0 fully saturated rings. The summed E-state index contributed by atoms with van der Waals surface area (Å²) in [4.78, 5) is 0. The Balaban J connectivity index is 2.46. The Labute approximate surface area is 77.9 Å². The molecule has 1 heterocycles. The van der Waals surface area contributed by atoms with Crippen molar-refractivity contribution in [1.82, 2.24) is 0 Å². The molecule has 0 radical (unpaired) electrons. The van der Waals surface area contributed by atoms with E-state index in [4.69, 9.17) is 10.5 Å². The summed E-state index contributed by atoms with van der Waals surface area (Å²) in [6, 6.07) is 6.05. The molecule has 0 aromatic heterocycles. The number of nitrogens with one attached hydrogen (secondary N) is 1. The van der Waals surface area contributed by atoms with Crippen LogP contribution in [0.4, 0.5) is 5.69 Å². The third-order valence-corrected chi connectivity index (χ3v) is 2.20. The topological polar surface area (TPSA) is 47.3 Å². The molecule has 0 saturated carbocycles. The summed E-state index contributed by atoms with van der Waals surface area (Å²) in [5.41, 5.74) is 7.96. The molecule has 3 N–H and O–H groups in total. The number of anilines is 1. The van der Waals surface area contributed by atoms with Crippen molar-refractivity contribution < 1.29 is 4.74 Å². The van der Waals surface area contributed by atoms with E-state index in [1.807, 2.05) is 25.1 Å². The number of fused-ring (bicyclic) bond motifs is 1. The van der Waals surface area contributed by atoms with Gasteiger partial charge in [0.05, 0.1) is 5.69 Å². The normalized spacial score (nSPS) is 16.8. The molecule has 1 aromatic carbocycles. The van der Waals surface area contributed by atoms with Crippen LogP contribution < -0.4 is 15.8 Å². The second-order valence-electron chi connectivity index (χ2n) is 3.29. The van der Waals surface area contributed by atoms with Crippen molar-refractivity contribution in [1.29, 1.82) is 0 Å². The quantitative estimate of drug-likeness (QED) is 0.685. The zero-order chi connectivity index (χ0) is 9.26. The SMILES string of the molecule is CC(N)c1cccc2c1OCCN2. The van der Waals surface area contributed by atoms with Crippen molar-refractivity contribution in [3.05, 3.63) is 23.8 Å². The van der Waals surface area contributed by atoms with Gasteiger partial charge in [-0.15, -0.1) is 0 Å². The zero-order valence-corrected chi connectivity index (χ0v) is 7.71. The van der Waals surface area contributed by atoms with Crippen LogP contribution in [0.1, 0.15) is 18.5 Å². The lowest BCUT2D eigenvalue weighted by Crippen LogP contribution is -2.20. The highest BCUT2D eigenvalue weighted by atomic mass is 16.5. The van der Waals surface area contributed by atoms with Crippen LogP contribution in [-0.2, 0) is 0 Å². The Morgan fingerprint density at radius 2 is 2.38 bits per heavy atom. The minimum absolute atomic E-state index is 0.0230. The molecule has 1 atom stereocenters. The van der Waals surface area contributed by atoms with Gasteiger partial charge in [-0.1, -0.05) is 12.1 Å². The van der Waals surface area contributed by atoms with E-state index in [9.17, 15) is 0 Å². The van der Waals surface area contributed by atoms with Crippen molar-refractivity contribution in [2.75, 3.05) is 18.5 Å². The van der Waals surface area contributed by atoms with Gasteiger partial charge >= 0.3 is 0 Å². The van der Waals surface area contributed by atoms with E-state index in [2.05, 4.69) is 5.32 Å². The lowest BCUT2D eigenvalue weighted by atomic mass is 10.1. The van der Waals surface area contributed by atoms with Crippen molar-refractivity contribution in [2.24, 2.45) is 5.73 Å². The molecule has 1 aromatic rings. The molecule has 1 aliphatic heterocycles. The van der Waals surface area contributed by atoms with E-state index in [1.54, 1.807) is 0 Å². The third-order valence-electron chi connectivity index (χ3n) is 2.20. The van der Waals surface area contributed by atoms with Crippen LogP contribution in [0.25, 0.3) is 0 Å². The van der Waals surface area contributed by atoms with Crippen LogP contribution in [0.15, 0.2) is 18.2 Å². The molecular weight excluding hydrogens is 164 g/mol. The number of ether oxygens (including phenoxy) is 1. The van der Waals surface area contributed by atoms with E-state index in [0.29, 0.717) is 0 Å². The zero-order valence-electron chi connectivity index (χ0n) is 7.71. The van der Waals surface area contributed by atoms with Crippen LogP contribution in [0, 0.1) is 0 Å². The lowest BCUT2D eigenvalue weighted by molar-refractivity contribution is 0.318. The first-order valence-corrected chi connectivity index (χ1v) is 4.54. The average molecular weight is 178 g/mol. The summed E-state index contributed by atoms with van der Waals surface area (Å²) in [6.45, 7) is 3.56. The largest absolute Gasteiger partial charge is 0.489 e. The number of rotatable bonds is 1. The van der Waals surface area contributed by atoms with Gasteiger partial charge < -0.3 is 15.8 Å². The van der Waals surface area contributed by atoms with E-state index in [1.165, 1.54) is 0 Å². The Morgan fingerprint density at radius 3 is 3.15 bits per heavy atom. The highest BCUT2D eigenvalue weighted by Gasteiger charge is 2.15. The summed E-state index contributed by atoms with van der Waals surface area (Å²) >= 11 is 0. The molecule has 1 aliphatic rings. The standard InChI is InChI=1S/C10H14N2O/c1-7(11)8-3-2-4-9-10(8)13-6-5-12-9/h2-4,7,12H,5-6,11H2,1H3. The number of nitrogens with two attached hydrogens (primary N) is 1. The van der Waals surface area contributed by atoms with Crippen molar-refractivity contribution >= 4 is 5.69 Å². The van der Waals surface area contributed by atoms with Crippen LogP contribution in [0.2, 0.25) is 0 Å². The van der Waals surface area contributed by atoms with E-state index in [-0.39, 0.29) is 6.04 Å². The Kier molecular flexibility index (Phi) is 2.10. The lowest BCUT2D eigenvalue weighted by Gasteiger charge is -2.22. The molecule has 13 heavy (non-hydrogen) atoms. The second kappa shape index (κ2) is 3.26. The predicted octanol–water partition coefficient (Wildman–Crippen LogP) is 1.51. The summed E-state index contributed by atoms with van der Waals surface area (Å²) < 4.78 is 5.57. The molecule has 0 bridgehead atoms. The summed E-state index contributed by atoms with van der Waals surface area (Å²) in [5.74, 6) is 0.920. The monoisotopic (exact) mass is 178 g/mol. The van der Waals surface area contributed by atoms with Gasteiger partial charge in [0.25, 0.3) is 0 Å². The maximum Gasteiger partial charge on any atom is 0.147 e. The van der Waals surface area contributed by atoms with Gasteiger partial charge in [-0.05, 0) is 13.0 Å². The van der Waals surface area contributed by atoms with Gasteiger partial charge in [0, 0.05) is 18.2 Å². The van der Waals surface area contributed by atoms with E-state index in [0.717, 1.165) is 30.2 Å². The third kappa shape index (κ3) is 1.47. The van der Waals surface area contributed by atoms with Gasteiger partial charge in [-0.25, -0.2) is 0 Å². The highest BCUT2D eigenvalue weighted by molar-refractivity contribution is 5.61. The number of para-hydroxylation sites is 1. The Morgan fingerprint density at radius 1 is 1.54 bits per heavy atom. The first-order chi connectivity index (χ1) is 6.29. The molecular formula is C10H14N2O. The molecule has 0 aliphatic carbocycles. The predicted molar refractivity (Wildman–Crippen MR) is 53.0 cm³/mol. The maximum atomic E-state index is 5.83. The van der Waals surface area contributed by atoms with Gasteiger partial charge in [0.1, 0.15) is 12.4 Å². The summed E-state index contributed by atoms with van der Waals surface area (Å²) in [5, 5.41) is 3.28. The fourth-order valence-corrected chi connectivity index (χ4v) is 1.55. The summed E-state index contributed by atoms with van der Waals surface area (Å²) in [6.07, 6.45) is 0. The fraction of sp³-hybridized carbons (Fsp3) is 0.400. The van der Waals surface area contributed by atoms with Gasteiger partial charge in [-0.3, -0.25) is 0 Å². The van der Waals surface area contributed by atoms with Crippen LogP contribution in [0.3, 0.4) is 0 Å². The number of hydrogen-bond donors (Lipinski definition) is 2. The minimum Gasteiger partial charge on any atom is -0.489 e. The molecule has 0 amide bonds. The van der Waals surface area contributed by atoms with Gasteiger partial charge in [0.2, 0.25) is 0 Å². The number of hydrogen-bond acceptors (Lipinski definition) is 3. The van der Waals surface area contributed by atoms with E-state index < -0.39 is 0 Å². The van der Waals surface area contributed by atoms with Crippen LogP contribution in [-0.4, -0.2) is 13.2 Å². The maximum absolute atomic E-state index is 5.83. The Bertz CT molecular complexity index is 310. The molecule has 0 saturated heterocycles. The molecule has 70 valence electrons. The average Bonchev–Trinajstić information content (AvgIpc) is 2.17. The first kappa shape index (κ1) is 8.38. The molecule has 2 rings (SSSR count). The van der Waals surface area contributed by atoms with E-state index >= 15 is 0 Å². The molecule has 3 nitrogen and oxygen atoms in total. The smallest absolute Gasteiger partial charge is 0.147 e. The van der Waals surface area contributed by atoms with Crippen molar-refractivity contribution in [3.8, 4) is 5.75 Å². The molecule has 3 heteroatoms. The number of benzene rings is 1. The van der Waals surface area contributed by atoms with Gasteiger partial charge in [0.15, 0.2) is 0 Å². The molecule has 1 unspecified atom stereocenters. The summed E-state index contributed by atoms with van der Waals surface area (Å²) in [7, 11) is 0. The van der Waals surface area contributed by atoms with Gasteiger partial charge in [-0.2, -0.15) is 0 Å². The van der Waals surface area contributed by atoms with Crippen LogP contribution >= 0.6 is 0 Å². The van der Waals surface area contributed by atoms with Crippen molar-refractivity contribution in [3.63, 3.8) is 0 Å². The first-order valence-electron chi connectivity index (χ1n) is 4.54. The van der Waals surface area contributed by atoms with Crippen LogP contribution in [0.5, 0.6) is 5.75 Å². The molecule has 0 spiro atoms. The Hall–Kier alpha value is -1.22. The fourth-order valence-electron chi connectivity index (χ4n) is 1.55. The highest BCUT2D eigenvalue weighted by Crippen LogP contribution is 2.33. The minimum atomic E-state index is 0.0230. The second-order valence-corrected chi connectivity index (χ2v) is 3.29.